The Hall–Kier alpha value is -3.18. The molecule has 140 valence electrons. The van der Waals surface area contributed by atoms with Crippen molar-refractivity contribution in [1.29, 1.82) is 0 Å². The molecule has 1 saturated carbocycles. The molecule has 2 heterocycles. The van der Waals surface area contributed by atoms with Gasteiger partial charge >= 0.3 is 0 Å². The molecule has 28 heavy (non-hydrogen) atoms. The van der Waals surface area contributed by atoms with Crippen molar-refractivity contribution in [3.05, 3.63) is 78.8 Å². The van der Waals surface area contributed by atoms with Gasteiger partial charge in [-0.05, 0) is 42.7 Å². The summed E-state index contributed by atoms with van der Waals surface area (Å²) in [7, 11) is 0. The lowest BCUT2D eigenvalue weighted by Gasteiger charge is -2.23. The van der Waals surface area contributed by atoms with Crippen LogP contribution in [0.2, 0.25) is 0 Å². The van der Waals surface area contributed by atoms with Gasteiger partial charge in [-0.25, -0.2) is 9.97 Å². The third kappa shape index (κ3) is 3.04. The van der Waals surface area contributed by atoms with Crippen molar-refractivity contribution in [3.63, 3.8) is 0 Å². The van der Waals surface area contributed by atoms with Crippen LogP contribution in [0.4, 0.5) is 11.5 Å². The Morgan fingerprint density at radius 1 is 0.929 bits per heavy atom. The maximum atomic E-state index is 11.0. The standard InChI is InChI=1S/C23H22N4O/c28-23(11-4-5-12-23)18-9-8-17-10-13-27(20(17)14-18)22-15-21(24-16-25-22)26-19-6-2-1-3-7-19/h1-3,6-10,13-16,28H,4-5,11-12H2,(H,24,25,26). The molecular formula is C23H22N4O. The molecule has 0 unspecified atom stereocenters. The van der Waals surface area contributed by atoms with E-state index in [1.165, 1.54) is 0 Å². The first-order chi connectivity index (χ1) is 13.7. The minimum absolute atomic E-state index is 0.699. The Kier molecular flexibility index (Phi) is 4.10. The highest BCUT2D eigenvalue weighted by molar-refractivity contribution is 5.82. The van der Waals surface area contributed by atoms with E-state index < -0.39 is 5.60 Å². The van der Waals surface area contributed by atoms with E-state index in [-0.39, 0.29) is 0 Å². The van der Waals surface area contributed by atoms with Crippen LogP contribution in [-0.4, -0.2) is 19.6 Å². The maximum absolute atomic E-state index is 11.0. The predicted molar refractivity (Wildman–Crippen MR) is 111 cm³/mol. The van der Waals surface area contributed by atoms with Gasteiger partial charge in [0.1, 0.15) is 18.0 Å². The lowest BCUT2D eigenvalue weighted by atomic mass is 9.92. The lowest BCUT2D eigenvalue weighted by Crippen LogP contribution is -2.20. The Balaban J connectivity index is 1.53. The average molecular weight is 370 g/mol. The summed E-state index contributed by atoms with van der Waals surface area (Å²) in [5, 5.41) is 15.4. The number of rotatable bonds is 4. The fourth-order valence-electron chi connectivity index (χ4n) is 4.08. The second-order valence-corrected chi connectivity index (χ2v) is 7.45. The predicted octanol–water partition coefficient (Wildman–Crippen LogP) is 4.93. The molecule has 1 fully saturated rings. The molecule has 2 N–H and O–H groups in total. The lowest BCUT2D eigenvalue weighted by molar-refractivity contribution is 0.0446. The van der Waals surface area contributed by atoms with Gasteiger partial charge in [0.15, 0.2) is 0 Å². The van der Waals surface area contributed by atoms with E-state index in [2.05, 4.69) is 44.1 Å². The normalized spacial score (nSPS) is 15.8. The summed E-state index contributed by atoms with van der Waals surface area (Å²) in [5.74, 6) is 1.53. The van der Waals surface area contributed by atoms with Crippen LogP contribution in [-0.2, 0) is 5.60 Å². The Morgan fingerprint density at radius 3 is 2.57 bits per heavy atom. The van der Waals surface area contributed by atoms with E-state index in [9.17, 15) is 5.11 Å². The first-order valence-corrected chi connectivity index (χ1v) is 9.70. The molecule has 0 atom stereocenters. The van der Waals surface area contributed by atoms with Crippen LogP contribution in [0.25, 0.3) is 16.7 Å². The van der Waals surface area contributed by atoms with E-state index in [0.29, 0.717) is 0 Å². The van der Waals surface area contributed by atoms with Crippen LogP contribution in [0.1, 0.15) is 31.2 Å². The van der Waals surface area contributed by atoms with E-state index in [1.807, 2.05) is 42.6 Å². The van der Waals surface area contributed by atoms with E-state index in [4.69, 9.17) is 0 Å². The third-order valence-electron chi connectivity index (χ3n) is 5.61. The zero-order valence-electron chi connectivity index (χ0n) is 15.5. The molecule has 0 bridgehead atoms. The summed E-state index contributed by atoms with van der Waals surface area (Å²) in [6.45, 7) is 0. The average Bonchev–Trinajstić information content (AvgIpc) is 3.35. The fourth-order valence-corrected chi connectivity index (χ4v) is 4.08. The SMILES string of the molecule is OC1(c2ccc3ccn(-c4cc(Nc5ccccc5)ncn4)c3c2)CCCC1. The van der Waals surface area contributed by atoms with Crippen molar-refractivity contribution >= 4 is 22.4 Å². The highest BCUT2D eigenvalue weighted by Gasteiger charge is 2.33. The molecule has 0 amide bonds. The summed E-state index contributed by atoms with van der Waals surface area (Å²) in [6, 6.07) is 20.2. The number of aliphatic hydroxyl groups is 1. The van der Waals surface area contributed by atoms with Crippen LogP contribution in [0.15, 0.2) is 73.2 Å². The molecular weight excluding hydrogens is 348 g/mol. The number of nitrogens with one attached hydrogen (secondary N) is 1. The van der Waals surface area contributed by atoms with Crippen LogP contribution in [0.3, 0.4) is 0 Å². The molecule has 0 saturated heterocycles. The molecule has 5 nitrogen and oxygen atoms in total. The second-order valence-electron chi connectivity index (χ2n) is 7.45. The van der Waals surface area contributed by atoms with Gasteiger partial charge in [-0.1, -0.05) is 43.2 Å². The van der Waals surface area contributed by atoms with Crippen molar-refractivity contribution in [1.82, 2.24) is 14.5 Å². The van der Waals surface area contributed by atoms with Gasteiger partial charge in [-0.3, -0.25) is 0 Å². The van der Waals surface area contributed by atoms with Gasteiger partial charge < -0.3 is 15.0 Å². The maximum Gasteiger partial charge on any atom is 0.142 e. The molecule has 2 aromatic heterocycles. The second kappa shape index (κ2) is 6.77. The number of anilines is 2. The summed E-state index contributed by atoms with van der Waals surface area (Å²) < 4.78 is 2.05. The van der Waals surface area contributed by atoms with E-state index in [1.54, 1.807) is 6.33 Å². The Morgan fingerprint density at radius 2 is 1.75 bits per heavy atom. The topological polar surface area (TPSA) is 63.0 Å². The highest BCUT2D eigenvalue weighted by Crippen LogP contribution is 2.39. The molecule has 2 aromatic carbocycles. The quantitative estimate of drug-likeness (QED) is 0.535. The Labute approximate surface area is 163 Å². The highest BCUT2D eigenvalue weighted by atomic mass is 16.3. The largest absolute Gasteiger partial charge is 0.385 e. The zero-order chi connectivity index (χ0) is 19.0. The summed E-state index contributed by atoms with van der Waals surface area (Å²) in [4.78, 5) is 8.81. The van der Waals surface area contributed by atoms with Crippen molar-refractivity contribution in [2.75, 3.05) is 5.32 Å². The zero-order valence-corrected chi connectivity index (χ0v) is 15.5. The van der Waals surface area contributed by atoms with Gasteiger partial charge in [0, 0.05) is 23.3 Å². The molecule has 1 aliphatic rings. The summed E-state index contributed by atoms with van der Waals surface area (Å²) in [5.41, 5.74) is 2.32. The van der Waals surface area contributed by atoms with Crippen LogP contribution in [0.5, 0.6) is 0 Å². The van der Waals surface area contributed by atoms with E-state index >= 15 is 0 Å². The van der Waals surface area contributed by atoms with E-state index in [0.717, 1.165) is 59.5 Å². The summed E-state index contributed by atoms with van der Waals surface area (Å²) in [6.07, 6.45) is 7.41. The number of benzene rings is 2. The van der Waals surface area contributed by atoms with Crippen molar-refractivity contribution < 1.29 is 5.11 Å². The number of hydrogen-bond acceptors (Lipinski definition) is 4. The number of nitrogens with zero attached hydrogens (tertiary/aromatic N) is 3. The minimum Gasteiger partial charge on any atom is -0.385 e. The van der Waals surface area contributed by atoms with Crippen LogP contribution in [0, 0.1) is 0 Å². The van der Waals surface area contributed by atoms with Gasteiger partial charge in [0.2, 0.25) is 0 Å². The number of aromatic nitrogens is 3. The fraction of sp³-hybridized carbons (Fsp3) is 0.217. The first kappa shape index (κ1) is 17.0. The van der Waals surface area contributed by atoms with Gasteiger partial charge in [-0.15, -0.1) is 0 Å². The monoisotopic (exact) mass is 370 g/mol. The number of hydrogen-bond donors (Lipinski definition) is 2. The van der Waals surface area contributed by atoms with Crippen molar-refractivity contribution in [3.8, 4) is 5.82 Å². The van der Waals surface area contributed by atoms with Crippen molar-refractivity contribution in [2.45, 2.75) is 31.3 Å². The smallest absolute Gasteiger partial charge is 0.142 e. The first-order valence-electron chi connectivity index (χ1n) is 9.70. The molecule has 4 aromatic rings. The molecule has 0 radical (unpaired) electrons. The molecule has 5 heteroatoms. The number of para-hydroxylation sites is 1. The van der Waals surface area contributed by atoms with Gasteiger partial charge in [0.05, 0.1) is 11.1 Å². The van der Waals surface area contributed by atoms with Crippen molar-refractivity contribution in [2.24, 2.45) is 0 Å². The Bertz CT molecular complexity index is 1110. The molecule has 5 rings (SSSR count). The van der Waals surface area contributed by atoms with Gasteiger partial charge in [0.25, 0.3) is 0 Å². The molecule has 0 aliphatic heterocycles. The van der Waals surface area contributed by atoms with Crippen LogP contribution >= 0.6 is 0 Å². The summed E-state index contributed by atoms with van der Waals surface area (Å²) >= 11 is 0. The number of fused-ring (bicyclic) bond motifs is 1. The van der Waals surface area contributed by atoms with Gasteiger partial charge in [-0.2, -0.15) is 0 Å². The molecule has 0 spiro atoms. The molecule has 1 aliphatic carbocycles. The third-order valence-corrected chi connectivity index (χ3v) is 5.61. The van der Waals surface area contributed by atoms with Crippen LogP contribution < -0.4 is 5.32 Å². The minimum atomic E-state index is -0.699.